The summed E-state index contributed by atoms with van der Waals surface area (Å²) < 4.78 is 2.31. The van der Waals surface area contributed by atoms with Crippen molar-refractivity contribution in [2.75, 3.05) is 0 Å². The van der Waals surface area contributed by atoms with Gasteiger partial charge in [-0.25, -0.2) is 0 Å². The molecule has 1 amide bonds. The molecule has 0 aliphatic carbocycles. The van der Waals surface area contributed by atoms with Crippen molar-refractivity contribution in [1.29, 1.82) is 0 Å². The van der Waals surface area contributed by atoms with Crippen molar-refractivity contribution in [1.82, 2.24) is 9.88 Å². The number of aromatic nitrogens is 1. The summed E-state index contributed by atoms with van der Waals surface area (Å²) in [6.07, 6.45) is 5.41. The number of aryl methyl sites for hydroxylation is 3. The molecule has 4 aromatic rings. The van der Waals surface area contributed by atoms with Gasteiger partial charge in [0, 0.05) is 36.1 Å². The molecule has 0 unspecified atom stereocenters. The van der Waals surface area contributed by atoms with Crippen LogP contribution >= 0.6 is 0 Å². The Labute approximate surface area is 191 Å². The number of para-hydroxylation sites is 1. The van der Waals surface area contributed by atoms with Gasteiger partial charge in [0.2, 0.25) is 5.91 Å². The fourth-order valence-corrected chi connectivity index (χ4v) is 4.32. The second kappa shape index (κ2) is 10.3. The minimum atomic E-state index is 0.126. The molecule has 1 atom stereocenters. The van der Waals surface area contributed by atoms with E-state index in [-0.39, 0.29) is 11.9 Å². The van der Waals surface area contributed by atoms with E-state index in [0.717, 1.165) is 25.8 Å². The van der Waals surface area contributed by atoms with E-state index in [2.05, 4.69) is 103 Å². The monoisotopic (exact) mass is 424 g/mol. The number of carbonyl (C=O) groups is 1. The van der Waals surface area contributed by atoms with Gasteiger partial charge in [-0.1, -0.05) is 72.8 Å². The third-order valence-corrected chi connectivity index (χ3v) is 6.21. The van der Waals surface area contributed by atoms with Crippen molar-refractivity contribution in [3.8, 4) is 0 Å². The van der Waals surface area contributed by atoms with Crippen LogP contribution in [0, 0.1) is 6.92 Å². The second-order valence-electron chi connectivity index (χ2n) is 8.72. The second-order valence-corrected chi connectivity index (χ2v) is 8.72. The summed E-state index contributed by atoms with van der Waals surface area (Å²) in [5.74, 6) is 0.126. The van der Waals surface area contributed by atoms with Crippen molar-refractivity contribution in [3.63, 3.8) is 0 Å². The molecule has 0 spiro atoms. The van der Waals surface area contributed by atoms with E-state index in [1.54, 1.807) is 0 Å². The van der Waals surface area contributed by atoms with Crippen LogP contribution in [0.4, 0.5) is 0 Å². The molecule has 3 aromatic carbocycles. The minimum absolute atomic E-state index is 0.126. The Bertz CT molecular complexity index is 1180. The van der Waals surface area contributed by atoms with E-state index in [0.29, 0.717) is 6.42 Å². The van der Waals surface area contributed by atoms with Gasteiger partial charge in [-0.2, -0.15) is 0 Å². The van der Waals surface area contributed by atoms with Crippen molar-refractivity contribution in [3.05, 3.63) is 107 Å². The molecule has 0 bridgehead atoms. The third kappa shape index (κ3) is 5.47. The molecule has 164 valence electrons. The summed E-state index contributed by atoms with van der Waals surface area (Å²) in [4.78, 5) is 12.6. The lowest BCUT2D eigenvalue weighted by molar-refractivity contribution is -0.121. The summed E-state index contributed by atoms with van der Waals surface area (Å²) in [6, 6.07) is 27.6. The van der Waals surface area contributed by atoms with Crippen LogP contribution in [0.15, 0.2) is 85.1 Å². The summed E-state index contributed by atoms with van der Waals surface area (Å²) in [7, 11) is 0. The van der Waals surface area contributed by atoms with Gasteiger partial charge >= 0.3 is 0 Å². The number of hydrogen-bond donors (Lipinski definition) is 1. The molecule has 32 heavy (non-hydrogen) atoms. The van der Waals surface area contributed by atoms with Crippen LogP contribution in [0.2, 0.25) is 0 Å². The van der Waals surface area contributed by atoms with Gasteiger partial charge in [0.1, 0.15) is 0 Å². The number of amides is 1. The maximum atomic E-state index is 12.6. The summed E-state index contributed by atoms with van der Waals surface area (Å²) >= 11 is 0. The average molecular weight is 425 g/mol. The van der Waals surface area contributed by atoms with Gasteiger partial charge < -0.3 is 9.88 Å². The lowest BCUT2D eigenvalue weighted by Crippen LogP contribution is -2.33. The number of fused-ring (bicyclic) bond motifs is 1. The summed E-state index contributed by atoms with van der Waals surface area (Å²) in [6.45, 7) is 5.09. The van der Waals surface area contributed by atoms with Crippen molar-refractivity contribution in [2.45, 2.75) is 52.1 Å². The maximum Gasteiger partial charge on any atom is 0.220 e. The highest BCUT2D eigenvalue weighted by atomic mass is 16.1. The van der Waals surface area contributed by atoms with E-state index >= 15 is 0 Å². The first-order valence-electron chi connectivity index (χ1n) is 11.5. The molecule has 3 heteroatoms. The maximum absolute atomic E-state index is 12.6. The Morgan fingerprint density at radius 1 is 0.875 bits per heavy atom. The normalized spacial score (nSPS) is 12.1. The Kier molecular flexibility index (Phi) is 7.06. The van der Waals surface area contributed by atoms with Crippen LogP contribution in [-0.2, 0) is 24.2 Å². The van der Waals surface area contributed by atoms with Crippen LogP contribution in [-0.4, -0.2) is 16.5 Å². The topological polar surface area (TPSA) is 34.0 Å². The van der Waals surface area contributed by atoms with Crippen LogP contribution in [0.25, 0.3) is 10.9 Å². The van der Waals surface area contributed by atoms with Crippen molar-refractivity contribution >= 4 is 16.8 Å². The molecule has 1 heterocycles. The first-order chi connectivity index (χ1) is 15.6. The van der Waals surface area contributed by atoms with Crippen molar-refractivity contribution < 1.29 is 4.79 Å². The fourth-order valence-electron chi connectivity index (χ4n) is 4.32. The molecule has 0 radical (unpaired) electrons. The summed E-state index contributed by atoms with van der Waals surface area (Å²) in [5, 5.41) is 4.42. The zero-order chi connectivity index (χ0) is 22.3. The Morgan fingerprint density at radius 2 is 1.59 bits per heavy atom. The first kappa shape index (κ1) is 21.9. The number of rotatable bonds is 9. The Morgan fingerprint density at radius 3 is 2.41 bits per heavy atom. The average Bonchev–Trinajstić information content (AvgIpc) is 3.16. The van der Waals surface area contributed by atoms with Gasteiger partial charge in [0.05, 0.1) is 0 Å². The molecule has 0 aliphatic heterocycles. The van der Waals surface area contributed by atoms with Crippen LogP contribution in [0.5, 0.6) is 0 Å². The highest BCUT2D eigenvalue weighted by molar-refractivity contribution is 5.85. The molecule has 3 nitrogen and oxygen atoms in total. The molecule has 1 aromatic heterocycles. The van der Waals surface area contributed by atoms with Crippen LogP contribution in [0.1, 0.15) is 42.0 Å². The molecule has 1 N–H and O–H groups in total. The standard InChI is InChI=1S/C29H32N2O/c1-22-10-6-7-13-25(22)20-31-21-26(27-14-8-9-15-28(27)31)18-19-29(32)30-23(2)16-17-24-11-4-3-5-12-24/h3-15,21,23H,16-20H2,1-2H3,(H,30,32)/t23-/m1/s1. The lowest BCUT2D eigenvalue weighted by atomic mass is 10.1. The van der Waals surface area contributed by atoms with Gasteiger partial charge in [0.15, 0.2) is 0 Å². The van der Waals surface area contributed by atoms with Crippen LogP contribution < -0.4 is 5.32 Å². The molecule has 0 saturated heterocycles. The first-order valence-corrected chi connectivity index (χ1v) is 11.5. The molecule has 0 fully saturated rings. The number of hydrogen-bond acceptors (Lipinski definition) is 1. The lowest BCUT2D eigenvalue weighted by Gasteiger charge is -2.14. The zero-order valence-electron chi connectivity index (χ0n) is 19.1. The van der Waals surface area contributed by atoms with Gasteiger partial charge in [0.25, 0.3) is 0 Å². The van der Waals surface area contributed by atoms with E-state index in [1.807, 2.05) is 6.07 Å². The molecule has 0 saturated carbocycles. The van der Waals surface area contributed by atoms with Gasteiger partial charge in [-0.05, 0) is 61.4 Å². The van der Waals surface area contributed by atoms with Crippen LogP contribution in [0.3, 0.4) is 0 Å². The number of nitrogens with one attached hydrogen (secondary N) is 1. The number of carbonyl (C=O) groups excluding carboxylic acids is 1. The third-order valence-electron chi connectivity index (χ3n) is 6.21. The quantitative estimate of drug-likeness (QED) is 0.348. The van der Waals surface area contributed by atoms with Gasteiger partial charge in [-0.3, -0.25) is 4.79 Å². The Hall–Kier alpha value is -3.33. The smallest absolute Gasteiger partial charge is 0.220 e. The fraction of sp³-hybridized carbons (Fsp3) is 0.276. The van der Waals surface area contributed by atoms with E-state index in [9.17, 15) is 4.79 Å². The predicted octanol–water partition coefficient (Wildman–Crippen LogP) is 6.07. The highest BCUT2D eigenvalue weighted by Crippen LogP contribution is 2.24. The van der Waals surface area contributed by atoms with E-state index in [4.69, 9.17) is 0 Å². The largest absolute Gasteiger partial charge is 0.354 e. The van der Waals surface area contributed by atoms with E-state index in [1.165, 1.54) is 33.2 Å². The summed E-state index contributed by atoms with van der Waals surface area (Å²) in [5.41, 5.74) is 6.40. The predicted molar refractivity (Wildman–Crippen MR) is 133 cm³/mol. The zero-order valence-corrected chi connectivity index (χ0v) is 19.1. The number of benzene rings is 3. The molecular weight excluding hydrogens is 392 g/mol. The molecule has 0 aliphatic rings. The minimum Gasteiger partial charge on any atom is -0.354 e. The van der Waals surface area contributed by atoms with E-state index < -0.39 is 0 Å². The molecule has 4 rings (SSSR count). The Balaban J connectivity index is 1.37. The number of nitrogens with zero attached hydrogens (tertiary/aromatic N) is 1. The van der Waals surface area contributed by atoms with Crippen molar-refractivity contribution in [2.24, 2.45) is 0 Å². The highest BCUT2D eigenvalue weighted by Gasteiger charge is 2.12. The SMILES string of the molecule is Cc1ccccc1Cn1cc(CCC(=O)N[C@H](C)CCc2ccccc2)c2ccccc21. The van der Waals surface area contributed by atoms with Gasteiger partial charge in [-0.15, -0.1) is 0 Å². The molecular formula is C29H32N2O.